The van der Waals surface area contributed by atoms with Crippen molar-refractivity contribution in [3.63, 3.8) is 0 Å². The summed E-state index contributed by atoms with van der Waals surface area (Å²) in [6, 6.07) is 0. The Morgan fingerprint density at radius 2 is 0.242 bits per heavy atom. The second kappa shape index (κ2) is 52.1. The molecule has 99 heavy (non-hydrogen) atoms. The Balaban J connectivity index is 6.89. The Kier molecular flexibility index (Phi) is 47.8. The summed E-state index contributed by atoms with van der Waals surface area (Å²) in [7, 11) is 0. The molecule has 0 aliphatic carbocycles. The van der Waals surface area contributed by atoms with E-state index in [1.165, 1.54) is 0 Å². The van der Waals surface area contributed by atoms with E-state index < -0.39 is 351 Å². The molecule has 0 saturated heterocycles. The van der Waals surface area contributed by atoms with E-state index in [-0.39, 0.29) is 0 Å². The van der Waals surface area contributed by atoms with E-state index in [9.17, 15) is 128 Å². The highest BCUT2D eigenvalue weighted by molar-refractivity contribution is 5.81. The normalized spacial score (nSPS) is 14.0. The predicted molar refractivity (Wildman–Crippen MR) is 305 cm³/mol. The van der Waals surface area contributed by atoms with E-state index in [1.54, 1.807) is 0 Å². The van der Waals surface area contributed by atoms with Gasteiger partial charge in [0.25, 0.3) is 0 Å². The van der Waals surface area contributed by atoms with Crippen LogP contribution in [0.5, 0.6) is 0 Å². The fourth-order valence-corrected chi connectivity index (χ4v) is 6.66. The molecule has 0 radical (unpaired) electrons. The molecule has 0 spiro atoms. The van der Waals surface area contributed by atoms with Crippen molar-refractivity contribution < 1.29 is 210 Å². The van der Waals surface area contributed by atoms with Crippen LogP contribution in [0.1, 0.15) is 0 Å². The molecule has 43 nitrogen and oxygen atoms in total. The summed E-state index contributed by atoms with van der Waals surface area (Å²) >= 11 is 0. The van der Waals surface area contributed by atoms with Crippen LogP contribution in [0, 0.1) is 82.9 Å². The highest BCUT2D eigenvalue weighted by atomic mass is 16.6. The third kappa shape index (κ3) is 34.1. The molecule has 43 heteroatoms. The van der Waals surface area contributed by atoms with Gasteiger partial charge in [0.2, 0.25) is 0 Å². The predicted octanol–water partition coefficient (Wildman–Crippen LogP) is -12.4. The minimum absolute atomic E-state index is 0.819. The van der Waals surface area contributed by atoms with Gasteiger partial charge >= 0.3 is 83.6 Å². The first-order valence-corrected chi connectivity index (χ1v) is 29.7. The standard InChI is InChI=1S/C56H86O43/c57-1-29(2-58)44(74)88-17-34(10-66)48(78)90-19-36(12-68)50(80)92-21-38(14-70)52(82)96-25-41(54(84)87-16-33(9-65)43(72)73)27-98-56(86)42(28-99-55(85)40(23-94-46(76)31(5-61)6-62)24-95-47(77)32(7-63)8-64)26-97-53(83)39(15-71)22-93-51(81)37(13-69)20-91-49(79)35(11-67)18-89-45(75)30(3-59)4-60/h29-42,57-71H,1-28H2,(H,72,73). The molecular formula is C56H86O43. The lowest BCUT2D eigenvalue weighted by atomic mass is 10.1. The number of carboxylic acid groups (broad SMARTS) is 1. The first-order chi connectivity index (χ1) is 47.2. The van der Waals surface area contributed by atoms with Gasteiger partial charge in [-0.25, -0.2) is 0 Å². The Morgan fingerprint density at radius 1 is 0.152 bits per heavy atom. The molecule has 568 valence electrons. The number of aliphatic hydroxyl groups excluding tert-OH is 15. The maximum absolute atomic E-state index is 14.0. The van der Waals surface area contributed by atoms with Crippen LogP contribution in [0.4, 0.5) is 0 Å². The third-order valence-electron chi connectivity index (χ3n) is 13.5. The van der Waals surface area contributed by atoms with Crippen LogP contribution in [-0.4, -0.2) is 350 Å². The van der Waals surface area contributed by atoms with Gasteiger partial charge in [-0.05, 0) is 0 Å². The number of rotatable bonds is 55. The Morgan fingerprint density at radius 3 is 0.354 bits per heavy atom. The fourth-order valence-electron chi connectivity index (χ4n) is 6.66. The van der Waals surface area contributed by atoms with Crippen molar-refractivity contribution in [3.8, 4) is 0 Å². The molecule has 0 aliphatic heterocycles. The second-order valence-electron chi connectivity index (χ2n) is 21.0. The molecule has 0 fully saturated rings. The molecule has 0 aliphatic rings. The van der Waals surface area contributed by atoms with Gasteiger partial charge in [0.05, 0.1) is 99.1 Å². The summed E-state index contributed by atoms with van der Waals surface area (Å²) < 4.78 is 64.8. The van der Waals surface area contributed by atoms with E-state index in [2.05, 4.69) is 0 Å². The smallest absolute Gasteiger partial charge is 0.315 e. The topological polar surface area (TPSA) is 683 Å². The number of ether oxygens (including phenoxy) is 13. The van der Waals surface area contributed by atoms with Crippen molar-refractivity contribution in [1.82, 2.24) is 0 Å². The molecular weight excluding hydrogens is 1360 g/mol. The lowest BCUT2D eigenvalue weighted by Crippen LogP contribution is -2.38. The summed E-state index contributed by atoms with van der Waals surface area (Å²) in [4.78, 5) is 179. The molecule has 0 amide bonds. The summed E-state index contributed by atoms with van der Waals surface area (Å²) in [6.07, 6.45) is 0. The maximum atomic E-state index is 14.0. The van der Waals surface area contributed by atoms with Crippen LogP contribution < -0.4 is 0 Å². The highest BCUT2D eigenvalue weighted by Gasteiger charge is 2.37. The van der Waals surface area contributed by atoms with Crippen molar-refractivity contribution >= 4 is 83.6 Å². The fraction of sp³-hybridized carbons (Fsp3) is 0.750. The molecule has 0 heterocycles. The van der Waals surface area contributed by atoms with Crippen LogP contribution >= 0.6 is 0 Å². The highest BCUT2D eigenvalue weighted by Crippen LogP contribution is 2.17. The lowest BCUT2D eigenvalue weighted by molar-refractivity contribution is -0.170. The quantitative estimate of drug-likeness (QED) is 0.0199. The number of esters is 13. The molecule has 0 rings (SSSR count). The zero-order valence-electron chi connectivity index (χ0n) is 53.1. The van der Waals surface area contributed by atoms with Gasteiger partial charge in [-0.3, -0.25) is 67.1 Å². The monoisotopic (exact) mass is 1450 g/mol. The van der Waals surface area contributed by atoms with Crippen molar-refractivity contribution in [1.29, 1.82) is 0 Å². The van der Waals surface area contributed by atoms with Crippen LogP contribution in [0.25, 0.3) is 0 Å². The molecule has 9 unspecified atom stereocenters. The maximum Gasteiger partial charge on any atom is 0.315 e. The number of aliphatic hydroxyl groups is 15. The van der Waals surface area contributed by atoms with Gasteiger partial charge < -0.3 is 143 Å². The van der Waals surface area contributed by atoms with Crippen LogP contribution in [0.2, 0.25) is 0 Å². The Hall–Kier alpha value is -8.02. The van der Waals surface area contributed by atoms with Crippen LogP contribution in [0.3, 0.4) is 0 Å². The number of carboxylic acids is 1. The van der Waals surface area contributed by atoms with Gasteiger partial charge in [0.15, 0.2) is 0 Å². The van der Waals surface area contributed by atoms with Crippen molar-refractivity contribution in [2.45, 2.75) is 0 Å². The molecule has 9 atom stereocenters. The first-order valence-electron chi connectivity index (χ1n) is 29.7. The van der Waals surface area contributed by atoms with E-state index in [4.69, 9.17) is 82.0 Å². The zero-order valence-corrected chi connectivity index (χ0v) is 53.1. The summed E-state index contributed by atoms with van der Waals surface area (Å²) in [5.74, 6) is -43.8. The number of aliphatic carboxylic acids is 1. The average molecular weight is 1450 g/mol. The minimum Gasteiger partial charge on any atom is -0.481 e. The number of hydrogen-bond donors (Lipinski definition) is 16. The minimum atomic E-state index is -2.12. The van der Waals surface area contributed by atoms with E-state index in [1.807, 2.05) is 0 Å². The summed E-state index contributed by atoms with van der Waals surface area (Å²) in [6.45, 7) is -29.1. The van der Waals surface area contributed by atoms with Gasteiger partial charge in [-0.2, -0.15) is 0 Å². The SMILES string of the molecule is O=C(O)C(CO)COC(=O)C(COC(=O)C(CO)COC(=O)C(CO)COC(=O)C(CO)COC(=O)C(CO)CO)COC(=O)C(COC(=O)C(CO)COC(=O)C(CO)COC(=O)C(CO)COC(=O)C(CO)CO)COC(=O)C(COC(=O)C(CO)CO)COC(=O)C(CO)CO. The van der Waals surface area contributed by atoms with E-state index in [0.29, 0.717) is 0 Å². The van der Waals surface area contributed by atoms with Crippen molar-refractivity contribution in [3.05, 3.63) is 0 Å². The second-order valence-corrected chi connectivity index (χ2v) is 21.0. The van der Waals surface area contributed by atoms with Gasteiger partial charge in [-0.15, -0.1) is 0 Å². The van der Waals surface area contributed by atoms with Crippen molar-refractivity contribution in [2.75, 3.05) is 185 Å². The largest absolute Gasteiger partial charge is 0.481 e. The zero-order chi connectivity index (χ0) is 75.2. The summed E-state index contributed by atoms with van der Waals surface area (Å²) in [5, 5.41) is 152. The van der Waals surface area contributed by atoms with Crippen molar-refractivity contribution in [2.24, 2.45) is 82.9 Å². The van der Waals surface area contributed by atoms with Crippen LogP contribution in [-0.2, 0) is 129 Å². The molecule has 0 bridgehead atoms. The average Bonchev–Trinajstić information content (AvgIpc) is 0.983. The summed E-state index contributed by atoms with van der Waals surface area (Å²) in [5.41, 5.74) is 0. The number of carbonyl (C=O) groups excluding carboxylic acids is 13. The molecule has 0 aromatic rings. The molecule has 0 saturated carbocycles. The Labute approximate surface area is 560 Å². The van der Waals surface area contributed by atoms with Gasteiger partial charge in [0, 0.05) is 0 Å². The van der Waals surface area contributed by atoms with Gasteiger partial charge in [-0.1, -0.05) is 0 Å². The first kappa shape index (κ1) is 91.0. The van der Waals surface area contributed by atoms with E-state index >= 15 is 0 Å². The Bertz CT molecular complexity index is 2460. The third-order valence-corrected chi connectivity index (χ3v) is 13.5. The van der Waals surface area contributed by atoms with Gasteiger partial charge in [0.1, 0.15) is 169 Å². The number of hydrogen-bond acceptors (Lipinski definition) is 42. The number of carbonyl (C=O) groups is 14. The van der Waals surface area contributed by atoms with Crippen LogP contribution in [0.15, 0.2) is 0 Å². The molecule has 0 aromatic carbocycles. The molecule has 16 N–H and O–H groups in total. The molecule has 0 aromatic heterocycles. The lowest BCUT2D eigenvalue weighted by Gasteiger charge is -2.23. The van der Waals surface area contributed by atoms with E-state index in [0.717, 1.165) is 0 Å².